The van der Waals surface area contributed by atoms with Crippen LogP contribution in [0.5, 0.6) is 0 Å². The van der Waals surface area contributed by atoms with Gasteiger partial charge in [0.1, 0.15) is 0 Å². The Hall–Kier alpha value is -1.08. The van der Waals surface area contributed by atoms with Crippen LogP contribution < -0.4 is 0 Å². The maximum atomic E-state index is 8.69. The molecule has 1 N–H and O–H groups in total. The Morgan fingerprint density at radius 2 is 1.86 bits per heavy atom. The summed E-state index contributed by atoms with van der Waals surface area (Å²) in [7, 11) is 0. The lowest BCUT2D eigenvalue weighted by atomic mass is 10.1. The van der Waals surface area contributed by atoms with Crippen molar-refractivity contribution in [1.82, 2.24) is 0 Å². The lowest BCUT2D eigenvalue weighted by molar-refractivity contribution is 0.288. The first-order valence-corrected chi connectivity index (χ1v) is 5.07. The second-order valence-electron chi connectivity index (χ2n) is 3.79. The van der Waals surface area contributed by atoms with Crippen LogP contribution in [0.1, 0.15) is 31.4 Å². The SMILES string of the molecule is CC(C)=Cc1ccc(CCCO)cc1. The summed E-state index contributed by atoms with van der Waals surface area (Å²) in [5, 5.41) is 8.69. The monoisotopic (exact) mass is 190 g/mol. The summed E-state index contributed by atoms with van der Waals surface area (Å²) in [6.07, 6.45) is 3.98. The van der Waals surface area contributed by atoms with E-state index in [1.807, 2.05) is 0 Å². The molecule has 0 saturated carbocycles. The normalized spacial score (nSPS) is 9.93. The number of benzene rings is 1. The third-order valence-corrected chi connectivity index (χ3v) is 2.06. The molecule has 0 saturated heterocycles. The van der Waals surface area contributed by atoms with E-state index >= 15 is 0 Å². The molecular weight excluding hydrogens is 172 g/mol. The van der Waals surface area contributed by atoms with Crippen LogP contribution in [0.25, 0.3) is 6.08 Å². The van der Waals surface area contributed by atoms with Gasteiger partial charge < -0.3 is 5.11 Å². The largest absolute Gasteiger partial charge is 0.396 e. The summed E-state index contributed by atoms with van der Waals surface area (Å²) in [6, 6.07) is 8.51. The lowest BCUT2D eigenvalue weighted by Crippen LogP contribution is -1.88. The highest BCUT2D eigenvalue weighted by Gasteiger charge is 1.92. The Bertz CT molecular complexity index is 292. The molecule has 1 aromatic carbocycles. The van der Waals surface area contributed by atoms with E-state index in [9.17, 15) is 0 Å². The predicted octanol–water partition coefficient (Wildman–Crippen LogP) is 3.03. The summed E-state index contributed by atoms with van der Waals surface area (Å²) in [4.78, 5) is 0. The van der Waals surface area contributed by atoms with E-state index < -0.39 is 0 Å². The molecule has 0 heterocycles. The third-order valence-electron chi connectivity index (χ3n) is 2.06. The summed E-state index contributed by atoms with van der Waals surface area (Å²) in [5.41, 5.74) is 3.86. The number of aliphatic hydroxyl groups is 1. The molecule has 14 heavy (non-hydrogen) atoms. The van der Waals surface area contributed by atoms with E-state index in [1.165, 1.54) is 16.7 Å². The zero-order valence-electron chi connectivity index (χ0n) is 8.96. The second-order valence-corrected chi connectivity index (χ2v) is 3.79. The van der Waals surface area contributed by atoms with Crippen LogP contribution in [0.4, 0.5) is 0 Å². The van der Waals surface area contributed by atoms with Gasteiger partial charge in [-0.25, -0.2) is 0 Å². The van der Waals surface area contributed by atoms with E-state index in [0.29, 0.717) is 0 Å². The Labute approximate surface area is 86.1 Å². The number of aryl methyl sites for hydroxylation is 1. The number of rotatable bonds is 4. The van der Waals surface area contributed by atoms with Gasteiger partial charge in [-0.1, -0.05) is 35.9 Å². The molecule has 0 fully saturated rings. The molecule has 0 aliphatic rings. The fraction of sp³-hybridized carbons (Fsp3) is 0.385. The lowest BCUT2D eigenvalue weighted by Gasteiger charge is -2.00. The van der Waals surface area contributed by atoms with Crippen molar-refractivity contribution in [3.63, 3.8) is 0 Å². The maximum absolute atomic E-state index is 8.69. The molecular formula is C13H18O. The van der Waals surface area contributed by atoms with Gasteiger partial charge in [0.2, 0.25) is 0 Å². The highest BCUT2D eigenvalue weighted by molar-refractivity contribution is 5.52. The van der Waals surface area contributed by atoms with Gasteiger partial charge in [0.25, 0.3) is 0 Å². The molecule has 0 spiro atoms. The number of hydrogen-bond donors (Lipinski definition) is 1. The molecule has 0 amide bonds. The average molecular weight is 190 g/mol. The van der Waals surface area contributed by atoms with Crippen molar-refractivity contribution in [2.75, 3.05) is 6.61 Å². The van der Waals surface area contributed by atoms with Crippen LogP contribution in [-0.2, 0) is 6.42 Å². The molecule has 1 heteroatoms. The molecule has 0 bridgehead atoms. The molecule has 0 radical (unpaired) electrons. The summed E-state index contributed by atoms with van der Waals surface area (Å²) in [6.45, 7) is 4.47. The highest BCUT2D eigenvalue weighted by Crippen LogP contribution is 2.09. The van der Waals surface area contributed by atoms with E-state index in [0.717, 1.165) is 12.8 Å². The van der Waals surface area contributed by atoms with Crippen LogP contribution in [0.3, 0.4) is 0 Å². The van der Waals surface area contributed by atoms with Crippen LogP contribution in [0.2, 0.25) is 0 Å². The van der Waals surface area contributed by atoms with Crippen LogP contribution in [0.15, 0.2) is 29.8 Å². The predicted molar refractivity (Wildman–Crippen MR) is 61.2 cm³/mol. The van der Waals surface area contributed by atoms with Crippen LogP contribution >= 0.6 is 0 Å². The first-order chi connectivity index (χ1) is 6.72. The molecule has 1 aromatic rings. The second kappa shape index (κ2) is 5.61. The number of allylic oxidation sites excluding steroid dienone is 1. The molecule has 1 nitrogen and oxygen atoms in total. The van der Waals surface area contributed by atoms with E-state index in [2.05, 4.69) is 44.2 Å². The minimum absolute atomic E-state index is 0.274. The molecule has 76 valence electrons. The summed E-state index contributed by atoms with van der Waals surface area (Å²) < 4.78 is 0. The quantitative estimate of drug-likeness (QED) is 0.773. The van der Waals surface area contributed by atoms with E-state index in [-0.39, 0.29) is 6.61 Å². The van der Waals surface area contributed by atoms with Gasteiger partial charge in [0.15, 0.2) is 0 Å². The zero-order valence-corrected chi connectivity index (χ0v) is 8.96. The fourth-order valence-electron chi connectivity index (χ4n) is 1.40. The standard InChI is InChI=1S/C13H18O/c1-11(2)10-13-7-5-12(6-8-13)4-3-9-14/h5-8,10,14H,3-4,9H2,1-2H3. The molecule has 1 rings (SSSR count). The van der Waals surface area contributed by atoms with Crippen molar-refractivity contribution in [1.29, 1.82) is 0 Å². The van der Waals surface area contributed by atoms with E-state index in [4.69, 9.17) is 5.11 Å². The van der Waals surface area contributed by atoms with Gasteiger partial charge in [0.05, 0.1) is 0 Å². The highest BCUT2D eigenvalue weighted by atomic mass is 16.2. The molecule has 0 aliphatic carbocycles. The third kappa shape index (κ3) is 3.75. The molecule has 0 aromatic heterocycles. The first kappa shape index (κ1) is 11.0. The number of hydrogen-bond acceptors (Lipinski definition) is 1. The topological polar surface area (TPSA) is 20.2 Å². The zero-order chi connectivity index (χ0) is 10.4. The Morgan fingerprint density at radius 3 is 2.36 bits per heavy atom. The van der Waals surface area contributed by atoms with Gasteiger partial charge in [-0.15, -0.1) is 0 Å². The van der Waals surface area contributed by atoms with Gasteiger partial charge in [0, 0.05) is 6.61 Å². The van der Waals surface area contributed by atoms with Crippen molar-refractivity contribution in [2.24, 2.45) is 0 Å². The van der Waals surface area contributed by atoms with Crippen molar-refractivity contribution in [3.8, 4) is 0 Å². The summed E-state index contributed by atoms with van der Waals surface area (Å²) >= 11 is 0. The summed E-state index contributed by atoms with van der Waals surface area (Å²) in [5.74, 6) is 0. The minimum Gasteiger partial charge on any atom is -0.396 e. The Morgan fingerprint density at radius 1 is 1.21 bits per heavy atom. The van der Waals surface area contributed by atoms with E-state index in [1.54, 1.807) is 0 Å². The van der Waals surface area contributed by atoms with Gasteiger partial charge in [-0.05, 0) is 37.8 Å². The number of aliphatic hydroxyl groups excluding tert-OH is 1. The van der Waals surface area contributed by atoms with Crippen molar-refractivity contribution in [2.45, 2.75) is 26.7 Å². The van der Waals surface area contributed by atoms with Gasteiger partial charge >= 0.3 is 0 Å². The minimum atomic E-state index is 0.274. The van der Waals surface area contributed by atoms with Crippen molar-refractivity contribution in [3.05, 3.63) is 41.0 Å². The maximum Gasteiger partial charge on any atom is 0.0434 e. The smallest absolute Gasteiger partial charge is 0.0434 e. The van der Waals surface area contributed by atoms with Crippen LogP contribution in [-0.4, -0.2) is 11.7 Å². The van der Waals surface area contributed by atoms with Gasteiger partial charge in [-0.3, -0.25) is 0 Å². The molecule has 0 aliphatic heterocycles. The fourth-order valence-corrected chi connectivity index (χ4v) is 1.40. The van der Waals surface area contributed by atoms with Gasteiger partial charge in [-0.2, -0.15) is 0 Å². The average Bonchev–Trinajstić information content (AvgIpc) is 2.16. The van der Waals surface area contributed by atoms with Crippen LogP contribution in [0, 0.1) is 0 Å². The molecule has 0 atom stereocenters. The molecule has 0 unspecified atom stereocenters. The first-order valence-electron chi connectivity index (χ1n) is 5.07. The van der Waals surface area contributed by atoms with Crippen molar-refractivity contribution >= 4 is 6.08 Å². The Kier molecular flexibility index (Phi) is 4.41. The van der Waals surface area contributed by atoms with Crippen molar-refractivity contribution < 1.29 is 5.11 Å². The Balaban J connectivity index is 2.64.